The van der Waals surface area contributed by atoms with Crippen LogP contribution in [0.4, 0.5) is 0 Å². The van der Waals surface area contributed by atoms with Gasteiger partial charge in [0.2, 0.25) is 0 Å². The summed E-state index contributed by atoms with van der Waals surface area (Å²) >= 11 is 1.74. The molecule has 3 rings (SSSR count). The largest absolute Gasteiger partial charge is 1.00 e. The minimum absolute atomic E-state index is 0. The zero-order chi connectivity index (χ0) is 16.8. The molecule has 0 heterocycles. The average molecular weight is 458 g/mol. The number of rotatable bonds is 0. The van der Waals surface area contributed by atoms with E-state index < -0.39 is 0 Å². The van der Waals surface area contributed by atoms with E-state index in [2.05, 4.69) is 55.6 Å². The van der Waals surface area contributed by atoms with Crippen molar-refractivity contribution in [2.45, 2.75) is 45.8 Å². The fourth-order valence-electron chi connectivity index (χ4n) is 2.00. The third kappa shape index (κ3) is 10.8. The number of fused-ring (bicyclic) bond motifs is 3. The van der Waals surface area contributed by atoms with E-state index in [-0.39, 0.29) is 35.8 Å². The Morgan fingerprint density at radius 1 is 1.00 bits per heavy atom. The normalized spacial score (nSPS) is 10.3. The molecule has 0 amide bonds. The molecule has 0 saturated heterocycles. The Balaban J connectivity index is 0. The second kappa shape index (κ2) is 12.4. The molecule has 0 aliphatic heterocycles. The molecule has 0 spiro atoms. The molecule has 0 unspecified atom stereocenters. The van der Waals surface area contributed by atoms with Gasteiger partial charge in [-0.2, -0.15) is 29.8 Å². The number of nitrogens with one attached hydrogen (secondary N) is 1. The molecule has 0 bridgehead atoms. The van der Waals surface area contributed by atoms with Gasteiger partial charge < -0.3 is 30.5 Å². The van der Waals surface area contributed by atoms with Crippen LogP contribution < -0.4 is 24.8 Å². The number of benzene rings is 2. The fourth-order valence-corrected chi connectivity index (χ4v) is 2.00. The van der Waals surface area contributed by atoms with Gasteiger partial charge in [0, 0.05) is 0 Å². The van der Waals surface area contributed by atoms with Crippen LogP contribution in [0.2, 0.25) is 13.1 Å². The van der Waals surface area contributed by atoms with Crippen molar-refractivity contribution in [1.82, 2.24) is 0 Å². The quantitative estimate of drug-likeness (QED) is 0.327. The Labute approximate surface area is 175 Å². The van der Waals surface area contributed by atoms with Gasteiger partial charge in [0.25, 0.3) is 0 Å². The van der Waals surface area contributed by atoms with Crippen LogP contribution in [-0.2, 0) is 29.8 Å². The van der Waals surface area contributed by atoms with Crippen LogP contribution in [0, 0.1) is 6.07 Å². The van der Waals surface area contributed by atoms with Crippen molar-refractivity contribution in [1.29, 1.82) is 0 Å². The summed E-state index contributed by atoms with van der Waals surface area (Å²) in [4.78, 5) is 0. The summed E-state index contributed by atoms with van der Waals surface area (Å²) in [7, 11) is 0. The predicted molar refractivity (Wildman–Crippen MR) is 95.1 cm³/mol. The number of hydrogen-bond acceptors (Lipinski definition) is 0. The van der Waals surface area contributed by atoms with Crippen molar-refractivity contribution in [2.75, 3.05) is 0 Å². The van der Waals surface area contributed by atoms with Crippen molar-refractivity contribution in [3.63, 3.8) is 0 Å². The second-order valence-electron chi connectivity index (χ2n) is 6.65. The van der Waals surface area contributed by atoms with Crippen LogP contribution in [0.15, 0.2) is 42.5 Å². The Morgan fingerprint density at radius 2 is 1.46 bits per heavy atom. The maximum absolute atomic E-state index is 6.94. The molecule has 1 N–H and O–H groups in total. The van der Waals surface area contributed by atoms with Crippen LogP contribution >= 0.6 is 0 Å². The van der Waals surface area contributed by atoms with E-state index in [1.165, 1.54) is 22.3 Å². The van der Waals surface area contributed by atoms with Crippen molar-refractivity contribution in [3.05, 3.63) is 65.4 Å². The first kappa shape index (κ1) is 26.3. The summed E-state index contributed by atoms with van der Waals surface area (Å²) in [6, 6.07) is 18.1. The molecule has 24 heavy (non-hydrogen) atoms. The van der Waals surface area contributed by atoms with E-state index in [1.54, 1.807) is 23.3 Å². The Bertz CT molecular complexity index is 586. The molecule has 1 aliphatic rings. The van der Waals surface area contributed by atoms with Gasteiger partial charge in [-0.3, -0.25) is 0 Å². The van der Waals surface area contributed by atoms with E-state index in [0.717, 1.165) is 6.42 Å². The molecule has 130 valence electrons. The third-order valence-electron chi connectivity index (χ3n) is 2.62. The predicted octanol–water partition coefficient (Wildman–Crippen LogP) is -0.313. The smallest absolute Gasteiger partial charge is 0.0253 e. The Kier molecular flexibility index (Phi) is 13.6. The molecule has 2 aromatic rings. The summed E-state index contributed by atoms with van der Waals surface area (Å²) in [6.07, 6.45) is 1.05. The van der Waals surface area contributed by atoms with Crippen LogP contribution in [-0.4, -0.2) is 11.0 Å². The monoisotopic (exact) mass is 455 g/mol. The van der Waals surface area contributed by atoms with E-state index in [9.17, 15) is 0 Å². The molecule has 1 aliphatic carbocycles. The molecule has 0 atom stereocenters. The molecule has 0 saturated carbocycles. The van der Waals surface area contributed by atoms with Gasteiger partial charge in [0.1, 0.15) is 0 Å². The maximum Gasteiger partial charge on any atom is -0.0253 e. The molecule has 1 nitrogen and oxygen atoms in total. The molecular weight excluding hydrogens is 432 g/mol. The van der Waals surface area contributed by atoms with Crippen LogP contribution in [0.5, 0.6) is 0 Å². The fraction of sp³-hybridized carbons (Fsp3) is 0.368. The van der Waals surface area contributed by atoms with Gasteiger partial charge in [-0.1, -0.05) is 56.2 Å². The summed E-state index contributed by atoms with van der Waals surface area (Å²) in [6.45, 7) is 10.2. The van der Waals surface area contributed by atoms with Gasteiger partial charge in [0.05, 0.1) is 0 Å². The summed E-state index contributed by atoms with van der Waals surface area (Å²) in [5.41, 5.74) is 12.4. The van der Waals surface area contributed by atoms with E-state index in [1.807, 2.05) is 26.8 Å². The first-order valence-electron chi connectivity index (χ1n) is 7.53. The molecule has 0 radical (unpaired) electrons. The summed E-state index contributed by atoms with van der Waals surface area (Å²) in [5.74, 6) is 0. The van der Waals surface area contributed by atoms with E-state index >= 15 is 0 Å². The van der Waals surface area contributed by atoms with Crippen molar-refractivity contribution >= 4 is 5.43 Å². The topological polar surface area (TPSA) is 23.8 Å². The molecule has 0 aromatic heterocycles. The standard InChI is InChI=1S/C13H9.C4H10N.C2H6Si.2ClH.Zr/c1-3-7-12-10(5-1)9-11-6-2-4-8-13(11)12;1-4(2,3)5;1-3-2;;;/h1-5,7-8H,9H2;5H,1-3H3;1-2H3;2*1H;/q2*-1;;;;+2/p-2. The van der Waals surface area contributed by atoms with Crippen molar-refractivity contribution < 1.29 is 48.1 Å². The average Bonchev–Trinajstić information content (AvgIpc) is 2.74. The van der Waals surface area contributed by atoms with Crippen LogP contribution in [0.1, 0.15) is 31.9 Å². The number of halogens is 2. The van der Waals surface area contributed by atoms with Gasteiger partial charge in [-0.25, -0.2) is 0 Å². The zero-order valence-electron chi connectivity index (χ0n) is 15.0. The zero-order valence-corrected chi connectivity index (χ0v) is 20.0. The third-order valence-corrected chi connectivity index (χ3v) is 2.62. The first-order valence-corrected chi connectivity index (χ1v) is 13.7. The second-order valence-corrected chi connectivity index (χ2v) is 16.0. The Hall–Kier alpha value is 0.0800. The van der Waals surface area contributed by atoms with Crippen molar-refractivity contribution in [2.24, 2.45) is 0 Å². The van der Waals surface area contributed by atoms with Gasteiger partial charge in [-0.05, 0) is 6.42 Å². The Morgan fingerprint density at radius 3 is 2.00 bits per heavy atom. The molecule has 2 aromatic carbocycles. The van der Waals surface area contributed by atoms with Crippen LogP contribution in [0.25, 0.3) is 16.9 Å². The summed E-state index contributed by atoms with van der Waals surface area (Å²) in [5, 5.41) is 0. The van der Waals surface area contributed by atoms with Gasteiger partial charge in [-0.15, -0.1) is 11.1 Å². The van der Waals surface area contributed by atoms with Crippen molar-refractivity contribution in [3.8, 4) is 11.1 Å². The van der Waals surface area contributed by atoms with Gasteiger partial charge >= 0.3 is 41.9 Å². The van der Waals surface area contributed by atoms with Crippen LogP contribution in [0.3, 0.4) is 0 Å². The SMILES string of the molecule is CC(C)(C)[NH-].C[Si](C)=[Zr+2].[Cl-].[Cl-].[c-]1cccc2c1Cc1ccccc1-2. The molecule has 0 fully saturated rings. The van der Waals surface area contributed by atoms with E-state index in [4.69, 9.17) is 5.73 Å². The van der Waals surface area contributed by atoms with Gasteiger partial charge in [0.15, 0.2) is 0 Å². The minimum atomic E-state index is -0.250. The minimum Gasteiger partial charge on any atom is -1.00 e. The first-order chi connectivity index (χ1) is 10.2. The molecular formula is C19H25Cl2NSiZr-2. The molecule has 5 heteroatoms. The summed E-state index contributed by atoms with van der Waals surface area (Å²) < 4.78 is 0. The van der Waals surface area contributed by atoms with E-state index in [0.29, 0.717) is 0 Å². The number of hydrogen-bond donors (Lipinski definition) is 0. The maximum atomic E-state index is 6.94.